The number of nitrogens with zero attached hydrogens (tertiary/aromatic N) is 2. The molecule has 4 rings (SSSR count). The normalized spacial score (nSPS) is 22.1. The van der Waals surface area contributed by atoms with Crippen LogP contribution in [-0.2, 0) is 20.9 Å². The van der Waals surface area contributed by atoms with Gasteiger partial charge in [0.2, 0.25) is 11.8 Å². The Labute approximate surface area is 183 Å². The topological polar surface area (TPSA) is 63.0 Å². The van der Waals surface area contributed by atoms with Crippen LogP contribution in [0, 0.1) is 5.92 Å². The summed E-state index contributed by atoms with van der Waals surface area (Å²) < 4.78 is 11.2. The third kappa shape index (κ3) is 5.44. The zero-order chi connectivity index (χ0) is 21.6. The van der Waals surface area contributed by atoms with Crippen molar-refractivity contribution in [2.45, 2.75) is 37.8 Å². The zero-order valence-electron chi connectivity index (χ0n) is 17.8. The van der Waals surface area contributed by atoms with Crippen molar-refractivity contribution >= 4 is 11.8 Å². The average molecular weight is 423 g/mol. The minimum atomic E-state index is -0.0981. The van der Waals surface area contributed by atoms with Gasteiger partial charge in [-0.3, -0.25) is 9.59 Å². The molecule has 0 unspecified atom stereocenters. The fourth-order valence-corrected chi connectivity index (χ4v) is 4.30. The van der Waals surface area contributed by atoms with E-state index in [2.05, 4.69) is 18.7 Å². The number of carbonyl (C=O) groups excluding carboxylic acids is 2. The summed E-state index contributed by atoms with van der Waals surface area (Å²) in [6.45, 7) is 5.79. The van der Waals surface area contributed by atoms with Gasteiger partial charge in [0, 0.05) is 25.6 Å². The maximum absolute atomic E-state index is 13.2. The molecule has 31 heavy (non-hydrogen) atoms. The summed E-state index contributed by atoms with van der Waals surface area (Å²) in [5.74, 6) is 0.824. The summed E-state index contributed by atoms with van der Waals surface area (Å²) in [7, 11) is 0. The largest absolute Gasteiger partial charge is 0.467 e. The second kappa shape index (κ2) is 9.96. The molecule has 0 spiro atoms. The maximum atomic E-state index is 13.2. The molecule has 1 aromatic carbocycles. The highest BCUT2D eigenvalue weighted by Gasteiger charge is 2.45. The molecule has 1 aliphatic carbocycles. The molecule has 6 nitrogen and oxygen atoms in total. The lowest BCUT2D eigenvalue weighted by atomic mass is 10.1. The Balaban J connectivity index is 1.41. The monoisotopic (exact) mass is 422 g/mol. The molecule has 2 amide bonds. The highest BCUT2D eigenvalue weighted by atomic mass is 16.5. The van der Waals surface area contributed by atoms with Crippen molar-refractivity contribution in [2.24, 2.45) is 5.92 Å². The van der Waals surface area contributed by atoms with E-state index in [1.165, 1.54) is 5.56 Å². The number of ether oxygens (including phenoxy) is 1. The van der Waals surface area contributed by atoms with Crippen LogP contribution in [-0.4, -0.2) is 54.0 Å². The molecule has 2 aromatic rings. The van der Waals surface area contributed by atoms with Gasteiger partial charge < -0.3 is 19.0 Å². The quantitative estimate of drug-likeness (QED) is 0.549. The summed E-state index contributed by atoms with van der Waals surface area (Å²) in [6.07, 6.45) is 6.11. The minimum Gasteiger partial charge on any atom is -0.467 e. The SMILES string of the molecule is C=CCN(CC(=O)N(Cc1ccco1)C[C@@H]1CCCO1)C(=O)[C@H]1C[C@H]1c1ccccc1. The summed E-state index contributed by atoms with van der Waals surface area (Å²) in [4.78, 5) is 29.8. The molecular weight excluding hydrogens is 392 g/mol. The molecule has 0 bridgehead atoms. The summed E-state index contributed by atoms with van der Waals surface area (Å²) >= 11 is 0. The van der Waals surface area contributed by atoms with Crippen LogP contribution < -0.4 is 0 Å². The fourth-order valence-electron chi connectivity index (χ4n) is 4.30. The van der Waals surface area contributed by atoms with Gasteiger partial charge >= 0.3 is 0 Å². The lowest BCUT2D eigenvalue weighted by Gasteiger charge is -2.28. The molecular formula is C25H30N2O4. The highest BCUT2D eigenvalue weighted by molar-refractivity contribution is 5.88. The Hall–Kier alpha value is -2.86. The molecule has 6 heteroatoms. The second-order valence-corrected chi connectivity index (χ2v) is 8.36. The Morgan fingerprint density at radius 1 is 1.13 bits per heavy atom. The first-order chi connectivity index (χ1) is 15.2. The smallest absolute Gasteiger partial charge is 0.242 e. The van der Waals surface area contributed by atoms with Crippen molar-refractivity contribution in [1.29, 1.82) is 0 Å². The fraction of sp³-hybridized carbons (Fsp3) is 0.440. The lowest BCUT2D eigenvalue weighted by molar-refractivity contribution is -0.142. The van der Waals surface area contributed by atoms with Gasteiger partial charge in [-0.25, -0.2) is 0 Å². The van der Waals surface area contributed by atoms with Gasteiger partial charge in [-0.15, -0.1) is 6.58 Å². The maximum Gasteiger partial charge on any atom is 0.242 e. The second-order valence-electron chi connectivity index (χ2n) is 8.36. The predicted molar refractivity (Wildman–Crippen MR) is 117 cm³/mol. The van der Waals surface area contributed by atoms with Gasteiger partial charge in [0.15, 0.2) is 0 Å². The van der Waals surface area contributed by atoms with Crippen molar-refractivity contribution in [3.05, 3.63) is 72.7 Å². The minimum absolute atomic E-state index is 0.0252. The molecule has 164 valence electrons. The average Bonchev–Trinajstić information content (AvgIpc) is 3.12. The summed E-state index contributed by atoms with van der Waals surface area (Å²) in [5.41, 5.74) is 1.18. The van der Waals surface area contributed by atoms with Crippen LogP contribution in [0.5, 0.6) is 0 Å². The zero-order valence-corrected chi connectivity index (χ0v) is 17.8. The van der Waals surface area contributed by atoms with Crippen LogP contribution in [0.3, 0.4) is 0 Å². The van der Waals surface area contributed by atoms with Crippen molar-refractivity contribution in [3.8, 4) is 0 Å². The third-order valence-electron chi connectivity index (χ3n) is 6.05. The number of benzene rings is 1. The van der Waals surface area contributed by atoms with E-state index in [1.54, 1.807) is 22.1 Å². The predicted octanol–water partition coefficient (Wildman–Crippen LogP) is 3.61. The van der Waals surface area contributed by atoms with Crippen LogP contribution in [0.1, 0.15) is 36.5 Å². The molecule has 2 fully saturated rings. The Bertz CT molecular complexity index is 874. The number of furan rings is 1. The van der Waals surface area contributed by atoms with E-state index in [0.29, 0.717) is 19.6 Å². The van der Waals surface area contributed by atoms with Gasteiger partial charge in [-0.1, -0.05) is 36.4 Å². The first kappa shape index (κ1) is 21.4. The van der Waals surface area contributed by atoms with Crippen LogP contribution in [0.4, 0.5) is 0 Å². The van der Waals surface area contributed by atoms with Crippen molar-refractivity contribution in [3.63, 3.8) is 0 Å². The molecule has 1 saturated heterocycles. The van der Waals surface area contributed by atoms with Gasteiger partial charge in [0.25, 0.3) is 0 Å². The number of rotatable bonds is 10. The van der Waals surface area contributed by atoms with E-state index in [1.807, 2.05) is 30.3 Å². The molecule has 0 N–H and O–H groups in total. The van der Waals surface area contributed by atoms with Crippen LogP contribution >= 0.6 is 0 Å². The first-order valence-corrected chi connectivity index (χ1v) is 11.0. The van der Waals surface area contributed by atoms with E-state index >= 15 is 0 Å². The van der Waals surface area contributed by atoms with E-state index < -0.39 is 0 Å². The van der Waals surface area contributed by atoms with Crippen molar-refractivity contribution in [1.82, 2.24) is 9.80 Å². The summed E-state index contributed by atoms with van der Waals surface area (Å²) in [6, 6.07) is 13.8. The van der Waals surface area contributed by atoms with Gasteiger partial charge in [0.05, 0.1) is 18.9 Å². The van der Waals surface area contributed by atoms with Crippen LogP contribution in [0.2, 0.25) is 0 Å². The molecule has 1 aromatic heterocycles. The molecule has 0 radical (unpaired) electrons. The molecule has 3 atom stereocenters. The molecule has 2 aliphatic rings. The van der Waals surface area contributed by atoms with Crippen LogP contribution in [0.15, 0.2) is 65.8 Å². The number of amides is 2. The third-order valence-corrected chi connectivity index (χ3v) is 6.05. The Morgan fingerprint density at radius 3 is 2.65 bits per heavy atom. The lowest BCUT2D eigenvalue weighted by Crippen LogP contribution is -2.45. The van der Waals surface area contributed by atoms with E-state index in [9.17, 15) is 9.59 Å². The number of hydrogen-bond donors (Lipinski definition) is 0. The van der Waals surface area contributed by atoms with E-state index in [4.69, 9.17) is 9.15 Å². The number of carbonyl (C=O) groups is 2. The Kier molecular flexibility index (Phi) is 6.87. The molecule has 1 aliphatic heterocycles. The highest BCUT2D eigenvalue weighted by Crippen LogP contribution is 2.48. The van der Waals surface area contributed by atoms with Gasteiger partial charge in [0.1, 0.15) is 12.3 Å². The van der Waals surface area contributed by atoms with Crippen LogP contribution in [0.25, 0.3) is 0 Å². The van der Waals surface area contributed by atoms with Gasteiger partial charge in [-0.2, -0.15) is 0 Å². The molecule has 1 saturated carbocycles. The Morgan fingerprint density at radius 2 is 1.97 bits per heavy atom. The first-order valence-electron chi connectivity index (χ1n) is 11.0. The standard InChI is InChI=1S/C25H30N2O4/c1-2-12-26(25(29)23-15-22(23)19-8-4-3-5-9-19)18-24(28)27(16-20-10-6-13-30-20)17-21-11-7-14-31-21/h2-6,8-10,13,21-23H,1,7,11-12,14-18H2/t21-,22-,23-/m0/s1. The van der Waals surface area contributed by atoms with E-state index in [0.717, 1.165) is 31.6 Å². The molecule has 2 heterocycles. The number of hydrogen-bond acceptors (Lipinski definition) is 4. The van der Waals surface area contributed by atoms with E-state index in [-0.39, 0.29) is 36.3 Å². The van der Waals surface area contributed by atoms with Gasteiger partial charge in [-0.05, 0) is 42.9 Å². The summed E-state index contributed by atoms with van der Waals surface area (Å²) in [5, 5.41) is 0. The van der Waals surface area contributed by atoms with Crippen molar-refractivity contribution in [2.75, 3.05) is 26.2 Å². The van der Waals surface area contributed by atoms with Crippen molar-refractivity contribution < 1.29 is 18.7 Å².